The number of carbonyl (C=O) groups excluding carboxylic acids is 1. The summed E-state index contributed by atoms with van der Waals surface area (Å²) in [5.41, 5.74) is 4.65. The number of carbonyl (C=O) groups is 1. The fourth-order valence-electron chi connectivity index (χ4n) is 3.68. The van der Waals surface area contributed by atoms with Crippen LogP contribution in [0.5, 0.6) is 0 Å². The van der Waals surface area contributed by atoms with E-state index in [1.165, 1.54) is 5.56 Å². The van der Waals surface area contributed by atoms with E-state index in [0.717, 1.165) is 28.5 Å². The molecule has 32 heavy (non-hydrogen) atoms. The Morgan fingerprint density at radius 2 is 1.53 bits per heavy atom. The van der Waals surface area contributed by atoms with Crippen molar-refractivity contribution in [3.05, 3.63) is 69.3 Å². The minimum atomic E-state index is -0.212. The van der Waals surface area contributed by atoms with Gasteiger partial charge in [0.2, 0.25) is 0 Å². The molecule has 8 heteroatoms. The van der Waals surface area contributed by atoms with E-state index in [4.69, 9.17) is 33.2 Å². The lowest BCUT2D eigenvalue weighted by Gasteiger charge is -2.36. The Morgan fingerprint density at radius 3 is 2.16 bits per heavy atom. The number of hydrogen-bond acceptors (Lipinski definition) is 4. The molecule has 0 spiro atoms. The Kier molecular flexibility index (Phi) is 6.53. The molecule has 2 amide bonds. The van der Waals surface area contributed by atoms with Crippen LogP contribution in [-0.4, -0.2) is 47.1 Å². The fraction of sp³-hybridized carbons (Fsp3) is 0.292. The lowest BCUT2D eigenvalue weighted by molar-refractivity contribution is 0.208. The summed E-state index contributed by atoms with van der Waals surface area (Å²) < 4.78 is 0. The molecule has 0 bridgehead atoms. The van der Waals surface area contributed by atoms with Crippen molar-refractivity contribution in [2.75, 3.05) is 36.4 Å². The van der Waals surface area contributed by atoms with Gasteiger partial charge in [0.05, 0.1) is 15.7 Å². The highest BCUT2D eigenvalue weighted by Gasteiger charge is 2.25. The van der Waals surface area contributed by atoms with E-state index in [9.17, 15) is 4.79 Å². The predicted octanol–water partition coefficient (Wildman–Crippen LogP) is 5.73. The number of piperazine rings is 1. The first kappa shape index (κ1) is 22.4. The number of nitrogens with one attached hydrogen (secondary N) is 1. The molecule has 0 saturated carbocycles. The maximum absolute atomic E-state index is 12.8. The quantitative estimate of drug-likeness (QED) is 0.531. The number of para-hydroxylation sites is 1. The van der Waals surface area contributed by atoms with Gasteiger partial charge in [-0.3, -0.25) is 0 Å². The SMILES string of the molecule is Cc1ccc(-c2nc(C)c(C)c(N3CCN(C(=O)Nc4c(Cl)cccc4Cl)CC3)n2)cc1. The summed E-state index contributed by atoms with van der Waals surface area (Å²) in [5, 5.41) is 3.67. The van der Waals surface area contributed by atoms with Gasteiger partial charge in [-0.05, 0) is 32.9 Å². The summed E-state index contributed by atoms with van der Waals surface area (Å²) in [4.78, 5) is 26.3. The van der Waals surface area contributed by atoms with Crippen molar-refractivity contribution >= 4 is 40.7 Å². The first-order valence-electron chi connectivity index (χ1n) is 10.5. The molecule has 1 fully saturated rings. The number of rotatable bonds is 3. The van der Waals surface area contributed by atoms with E-state index < -0.39 is 0 Å². The molecule has 166 valence electrons. The summed E-state index contributed by atoms with van der Waals surface area (Å²) in [7, 11) is 0. The summed E-state index contributed by atoms with van der Waals surface area (Å²) in [5.74, 6) is 1.64. The first-order valence-corrected chi connectivity index (χ1v) is 11.3. The van der Waals surface area contributed by atoms with Crippen molar-refractivity contribution in [3.63, 3.8) is 0 Å². The Balaban J connectivity index is 1.48. The van der Waals surface area contributed by atoms with Gasteiger partial charge < -0.3 is 15.1 Å². The molecule has 2 aromatic carbocycles. The Hall–Kier alpha value is -2.83. The molecule has 0 atom stereocenters. The van der Waals surface area contributed by atoms with E-state index in [1.807, 2.05) is 26.0 Å². The van der Waals surface area contributed by atoms with Gasteiger partial charge in [0.1, 0.15) is 5.82 Å². The van der Waals surface area contributed by atoms with Gasteiger partial charge >= 0.3 is 6.03 Å². The largest absolute Gasteiger partial charge is 0.353 e. The molecule has 1 saturated heterocycles. The van der Waals surface area contributed by atoms with Gasteiger partial charge in [0.25, 0.3) is 0 Å². The number of nitrogens with zero attached hydrogens (tertiary/aromatic N) is 4. The smallest absolute Gasteiger partial charge is 0.322 e. The number of aryl methyl sites for hydroxylation is 2. The summed E-state index contributed by atoms with van der Waals surface area (Å²) in [6.45, 7) is 8.60. The number of halogens is 2. The second-order valence-electron chi connectivity index (χ2n) is 7.95. The van der Waals surface area contributed by atoms with E-state index in [2.05, 4.69) is 29.3 Å². The van der Waals surface area contributed by atoms with Gasteiger partial charge in [-0.15, -0.1) is 0 Å². The maximum Gasteiger partial charge on any atom is 0.322 e. The molecular weight excluding hydrogens is 445 g/mol. The minimum absolute atomic E-state index is 0.212. The summed E-state index contributed by atoms with van der Waals surface area (Å²) in [6.07, 6.45) is 0. The number of amides is 2. The second kappa shape index (κ2) is 9.35. The molecule has 0 unspecified atom stereocenters. The van der Waals surface area contributed by atoms with E-state index in [1.54, 1.807) is 23.1 Å². The number of aromatic nitrogens is 2. The third-order valence-corrected chi connectivity index (χ3v) is 6.36. The molecule has 3 aromatic rings. The average Bonchev–Trinajstić information content (AvgIpc) is 2.79. The molecule has 0 radical (unpaired) electrons. The number of anilines is 2. The van der Waals surface area contributed by atoms with Gasteiger partial charge in [-0.1, -0.05) is 59.1 Å². The zero-order valence-corrected chi connectivity index (χ0v) is 19.8. The van der Waals surface area contributed by atoms with Gasteiger partial charge in [-0.25, -0.2) is 14.8 Å². The standard InChI is InChI=1S/C24H25Cl2N5O/c1-15-7-9-18(10-8-15)22-27-17(3)16(2)23(29-22)30-11-13-31(14-12-30)24(32)28-21-19(25)5-4-6-20(21)26/h4-10H,11-14H2,1-3H3,(H,28,32). The van der Waals surface area contributed by atoms with Crippen LogP contribution < -0.4 is 10.2 Å². The first-order chi connectivity index (χ1) is 15.3. The number of urea groups is 1. The predicted molar refractivity (Wildman–Crippen MR) is 131 cm³/mol. The Bertz CT molecular complexity index is 1120. The van der Waals surface area contributed by atoms with Crippen molar-refractivity contribution in [1.29, 1.82) is 0 Å². The topological polar surface area (TPSA) is 61.4 Å². The van der Waals surface area contributed by atoms with Gasteiger partial charge in [-0.2, -0.15) is 0 Å². The molecule has 4 rings (SSSR count). The fourth-order valence-corrected chi connectivity index (χ4v) is 4.17. The molecule has 0 aliphatic carbocycles. The maximum atomic E-state index is 12.8. The van der Waals surface area contributed by atoms with Crippen LogP contribution in [0.4, 0.5) is 16.3 Å². The summed E-state index contributed by atoms with van der Waals surface area (Å²) >= 11 is 12.4. The zero-order chi connectivity index (χ0) is 22.8. The number of benzene rings is 2. The number of hydrogen-bond donors (Lipinski definition) is 1. The van der Waals surface area contributed by atoms with Crippen molar-refractivity contribution in [2.45, 2.75) is 20.8 Å². The van der Waals surface area contributed by atoms with Crippen LogP contribution in [0.15, 0.2) is 42.5 Å². The van der Waals surface area contributed by atoms with Crippen LogP contribution in [0.2, 0.25) is 10.0 Å². The normalized spacial score (nSPS) is 13.9. The average molecular weight is 470 g/mol. The molecule has 1 aliphatic rings. The summed E-state index contributed by atoms with van der Waals surface area (Å²) in [6, 6.07) is 13.2. The van der Waals surface area contributed by atoms with Crippen LogP contribution in [-0.2, 0) is 0 Å². The van der Waals surface area contributed by atoms with Crippen LogP contribution in [0, 0.1) is 20.8 Å². The second-order valence-corrected chi connectivity index (χ2v) is 8.76. The highest BCUT2D eigenvalue weighted by molar-refractivity contribution is 6.39. The van der Waals surface area contributed by atoms with Gasteiger partial charge in [0, 0.05) is 43.0 Å². The van der Waals surface area contributed by atoms with Crippen molar-refractivity contribution < 1.29 is 4.79 Å². The molecule has 1 aliphatic heterocycles. The molecule has 6 nitrogen and oxygen atoms in total. The third kappa shape index (κ3) is 4.66. The van der Waals surface area contributed by atoms with Crippen molar-refractivity contribution in [1.82, 2.24) is 14.9 Å². The van der Waals surface area contributed by atoms with Crippen LogP contribution in [0.1, 0.15) is 16.8 Å². The van der Waals surface area contributed by atoms with E-state index >= 15 is 0 Å². The highest BCUT2D eigenvalue weighted by Crippen LogP contribution is 2.30. The molecular formula is C24H25Cl2N5O. The minimum Gasteiger partial charge on any atom is -0.353 e. The van der Waals surface area contributed by atoms with Crippen LogP contribution in [0.3, 0.4) is 0 Å². The van der Waals surface area contributed by atoms with Crippen molar-refractivity contribution in [2.24, 2.45) is 0 Å². The molecule has 1 N–H and O–H groups in total. The van der Waals surface area contributed by atoms with E-state index in [-0.39, 0.29) is 6.03 Å². The molecule has 1 aromatic heterocycles. The molecule has 2 heterocycles. The monoisotopic (exact) mass is 469 g/mol. The Morgan fingerprint density at radius 1 is 0.906 bits per heavy atom. The van der Waals surface area contributed by atoms with E-state index in [0.29, 0.717) is 41.9 Å². The van der Waals surface area contributed by atoms with Crippen LogP contribution >= 0.6 is 23.2 Å². The lowest BCUT2D eigenvalue weighted by atomic mass is 10.1. The third-order valence-electron chi connectivity index (χ3n) is 5.73. The van der Waals surface area contributed by atoms with Gasteiger partial charge in [0.15, 0.2) is 5.82 Å². The van der Waals surface area contributed by atoms with Crippen LogP contribution in [0.25, 0.3) is 11.4 Å². The Labute approximate surface area is 198 Å². The van der Waals surface area contributed by atoms with Crippen molar-refractivity contribution in [3.8, 4) is 11.4 Å². The lowest BCUT2D eigenvalue weighted by Crippen LogP contribution is -2.50. The highest BCUT2D eigenvalue weighted by atomic mass is 35.5. The zero-order valence-electron chi connectivity index (χ0n) is 18.3.